The number of carbonyl (C=O) groups excluding carboxylic acids is 1. The second kappa shape index (κ2) is 7.37. The first-order valence-corrected chi connectivity index (χ1v) is 8.26. The molecule has 3 rings (SSSR count). The minimum atomic E-state index is -0.423. The van der Waals surface area contributed by atoms with Gasteiger partial charge >= 0.3 is 0 Å². The van der Waals surface area contributed by atoms with Gasteiger partial charge in [-0.3, -0.25) is 9.69 Å². The predicted octanol–water partition coefficient (Wildman–Crippen LogP) is -0.654. The van der Waals surface area contributed by atoms with E-state index in [2.05, 4.69) is 19.7 Å². The zero-order valence-corrected chi connectivity index (χ0v) is 13.6. The summed E-state index contributed by atoms with van der Waals surface area (Å²) in [4.78, 5) is 15.8. The van der Waals surface area contributed by atoms with Crippen LogP contribution in [0, 0.1) is 0 Å². The lowest BCUT2D eigenvalue weighted by Gasteiger charge is -2.32. The number of hydrogen-bond donors (Lipinski definition) is 1. The van der Waals surface area contributed by atoms with Gasteiger partial charge in [-0.2, -0.15) is 0 Å². The molecule has 1 N–H and O–H groups in total. The number of piperidine rings is 1. The summed E-state index contributed by atoms with van der Waals surface area (Å²) in [5.41, 5.74) is 0. The monoisotopic (exact) mass is 323 g/mol. The van der Waals surface area contributed by atoms with Gasteiger partial charge in [0.1, 0.15) is 18.3 Å². The third kappa shape index (κ3) is 3.70. The third-order valence-corrected chi connectivity index (χ3v) is 4.74. The summed E-state index contributed by atoms with van der Waals surface area (Å²) in [6.45, 7) is 5.07. The predicted molar refractivity (Wildman–Crippen MR) is 82.7 cm³/mol. The summed E-state index contributed by atoms with van der Waals surface area (Å²) in [5.74, 6) is 1.87. The lowest BCUT2D eigenvalue weighted by atomic mass is 9.97. The van der Waals surface area contributed by atoms with E-state index in [1.165, 1.54) is 0 Å². The number of carbonyl (C=O) groups is 1. The number of ether oxygens (including phenoxy) is 1. The van der Waals surface area contributed by atoms with E-state index >= 15 is 0 Å². The average molecular weight is 323 g/mol. The molecule has 0 radical (unpaired) electrons. The Morgan fingerprint density at radius 3 is 2.83 bits per heavy atom. The van der Waals surface area contributed by atoms with Crippen LogP contribution >= 0.6 is 0 Å². The largest absolute Gasteiger partial charge is 0.387 e. The molecule has 1 unspecified atom stereocenters. The van der Waals surface area contributed by atoms with Crippen molar-refractivity contribution in [2.75, 3.05) is 46.0 Å². The van der Waals surface area contributed by atoms with Crippen LogP contribution in [0.25, 0.3) is 0 Å². The number of aliphatic hydroxyl groups excluding tert-OH is 1. The van der Waals surface area contributed by atoms with Crippen LogP contribution in [0.5, 0.6) is 0 Å². The molecule has 3 heterocycles. The van der Waals surface area contributed by atoms with E-state index in [1.54, 1.807) is 4.90 Å². The van der Waals surface area contributed by atoms with Gasteiger partial charge < -0.3 is 19.3 Å². The van der Waals surface area contributed by atoms with Gasteiger partial charge in [0, 0.05) is 39.1 Å². The minimum absolute atomic E-state index is 0.190. The summed E-state index contributed by atoms with van der Waals surface area (Å²) in [6, 6.07) is 0. The standard InChI is InChI=1S/C15H25N5O3/c1-18-13(10-19-5-7-23-8-6-19)16-17-15(18)12-3-2-4-20(9-12)14(22)11-21/h12,21H,2-11H2,1H3. The molecule has 0 spiro atoms. The van der Waals surface area contributed by atoms with Gasteiger partial charge in [0.2, 0.25) is 5.91 Å². The van der Waals surface area contributed by atoms with Crippen molar-refractivity contribution in [1.29, 1.82) is 0 Å². The normalized spacial score (nSPS) is 23.2. The van der Waals surface area contributed by atoms with Crippen LogP contribution in [-0.2, 0) is 23.1 Å². The molecule has 128 valence electrons. The Labute approximate surface area is 136 Å². The molecule has 0 saturated carbocycles. The minimum Gasteiger partial charge on any atom is -0.387 e. The van der Waals surface area contributed by atoms with Crippen molar-refractivity contribution in [2.45, 2.75) is 25.3 Å². The lowest BCUT2D eigenvalue weighted by Crippen LogP contribution is -2.41. The summed E-state index contributed by atoms with van der Waals surface area (Å²) < 4.78 is 7.43. The molecule has 1 atom stereocenters. The Balaban J connectivity index is 1.67. The van der Waals surface area contributed by atoms with Crippen LogP contribution < -0.4 is 0 Å². The first-order chi connectivity index (χ1) is 11.2. The molecule has 8 heteroatoms. The lowest BCUT2D eigenvalue weighted by molar-refractivity contribution is -0.135. The Bertz CT molecular complexity index is 541. The Morgan fingerprint density at radius 1 is 1.30 bits per heavy atom. The highest BCUT2D eigenvalue weighted by Crippen LogP contribution is 2.26. The molecule has 0 bridgehead atoms. The van der Waals surface area contributed by atoms with Crippen LogP contribution in [0.1, 0.15) is 30.4 Å². The van der Waals surface area contributed by atoms with E-state index in [0.717, 1.165) is 57.3 Å². The number of rotatable bonds is 4. The van der Waals surface area contributed by atoms with Crippen molar-refractivity contribution in [3.05, 3.63) is 11.6 Å². The number of likely N-dealkylation sites (tertiary alicyclic amines) is 1. The van der Waals surface area contributed by atoms with Gasteiger partial charge in [-0.05, 0) is 12.8 Å². The molecule has 8 nitrogen and oxygen atoms in total. The second-order valence-electron chi connectivity index (χ2n) is 6.26. The van der Waals surface area contributed by atoms with Gasteiger partial charge in [0.25, 0.3) is 0 Å². The summed E-state index contributed by atoms with van der Waals surface area (Å²) in [7, 11) is 2.00. The van der Waals surface area contributed by atoms with E-state index in [4.69, 9.17) is 9.84 Å². The maximum Gasteiger partial charge on any atom is 0.248 e. The van der Waals surface area contributed by atoms with Crippen LogP contribution in [0.4, 0.5) is 0 Å². The molecule has 2 aliphatic rings. The molecule has 1 aromatic rings. The van der Waals surface area contributed by atoms with E-state index < -0.39 is 6.61 Å². The van der Waals surface area contributed by atoms with Crippen LogP contribution in [-0.4, -0.2) is 81.6 Å². The number of morpholine rings is 1. The van der Waals surface area contributed by atoms with Gasteiger partial charge in [-0.1, -0.05) is 0 Å². The van der Waals surface area contributed by atoms with E-state index in [1.807, 2.05) is 7.05 Å². The van der Waals surface area contributed by atoms with Crippen LogP contribution in [0.2, 0.25) is 0 Å². The Kier molecular flexibility index (Phi) is 5.24. The Hall–Kier alpha value is -1.51. The smallest absolute Gasteiger partial charge is 0.248 e. The van der Waals surface area contributed by atoms with Gasteiger partial charge in [-0.25, -0.2) is 0 Å². The number of nitrogens with zero attached hydrogens (tertiary/aromatic N) is 5. The zero-order chi connectivity index (χ0) is 16.2. The molecule has 2 saturated heterocycles. The highest BCUT2D eigenvalue weighted by atomic mass is 16.5. The fraction of sp³-hybridized carbons (Fsp3) is 0.800. The van der Waals surface area contributed by atoms with Gasteiger partial charge in [0.05, 0.1) is 19.8 Å². The molecule has 0 aliphatic carbocycles. The van der Waals surface area contributed by atoms with Crippen molar-refractivity contribution in [2.24, 2.45) is 7.05 Å². The van der Waals surface area contributed by atoms with Crippen LogP contribution in [0.3, 0.4) is 0 Å². The molecular weight excluding hydrogens is 298 g/mol. The number of hydrogen-bond acceptors (Lipinski definition) is 6. The second-order valence-corrected chi connectivity index (χ2v) is 6.26. The molecule has 2 fully saturated rings. The summed E-state index contributed by atoms with van der Waals surface area (Å²) in [6.07, 6.45) is 1.93. The summed E-state index contributed by atoms with van der Waals surface area (Å²) >= 11 is 0. The highest BCUT2D eigenvalue weighted by molar-refractivity contribution is 5.77. The molecule has 2 aliphatic heterocycles. The van der Waals surface area contributed by atoms with Crippen molar-refractivity contribution < 1.29 is 14.6 Å². The van der Waals surface area contributed by atoms with E-state index in [-0.39, 0.29) is 11.8 Å². The molecule has 0 aromatic carbocycles. The van der Waals surface area contributed by atoms with Gasteiger partial charge in [-0.15, -0.1) is 10.2 Å². The fourth-order valence-electron chi connectivity index (χ4n) is 3.34. The number of aromatic nitrogens is 3. The average Bonchev–Trinajstić information content (AvgIpc) is 2.96. The Morgan fingerprint density at radius 2 is 2.09 bits per heavy atom. The van der Waals surface area contributed by atoms with Crippen LogP contribution in [0.15, 0.2) is 0 Å². The topological polar surface area (TPSA) is 83.7 Å². The zero-order valence-electron chi connectivity index (χ0n) is 13.6. The molecule has 1 amide bonds. The quantitative estimate of drug-likeness (QED) is 0.792. The maximum absolute atomic E-state index is 11.7. The molecular formula is C15H25N5O3. The molecule has 1 aromatic heterocycles. The van der Waals surface area contributed by atoms with Gasteiger partial charge in [0.15, 0.2) is 0 Å². The number of aliphatic hydroxyl groups is 1. The number of amides is 1. The third-order valence-electron chi connectivity index (χ3n) is 4.74. The molecule has 23 heavy (non-hydrogen) atoms. The van der Waals surface area contributed by atoms with Crippen molar-refractivity contribution in [3.63, 3.8) is 0 Å². The van der Waals surface area contributed by atoms with E-state index in [9.17, 15) is 4.79 Å². The summed E-state index contributed by atoms with van der Waals surface area (Å²) in [5, 5.41) is 17.8. The highest BCUT2D eigenvalue weighted by Gasteiger charge is 2.28. The van der Waals surface area contributed by atoms with Crippen molar-refractivity contribution in [1.82, 2.24) is 24.6 Å². The SMILES string of the molecule is Cn1c(CN2CCOCC2)nnc1C1CCCN(C(=O)CO)C1. The first kappa shape index (κ1) is 16.4. The first-order valence-electron chi connectivity index (χ1n) is 8.26. The fourth-order valence-corrected chi connectivity index (χ4v) is 3.34. The van der Waals surface area contributed by atoms with Crippen molar-refractivity contribution >= 4 is 5.91 Å². The van der Waals surface area contributed by atoms with Crippen molar-refractivity contribution in [3.8, 4) is 0 Å². The maximum atomic E-state index is 11.7. The van der Waals surface area contributed by atoms with E-state index in [0.29, 0.717) is 13.1 Å².